The summed E-state index contributed by atoms with van der Waals surface area (Å²) < 4.78 is 7.31. The number of fused-ring (bicyclic) bond motifs is 1. The number of aryl methyl sites for hydroxylation is 1. The summed E-state index contributed by atoms with van der Waals surface area (Å²) >= 11 is 1.42. The second-order valence-electron chi connectivity index (χ2n) is 7.13. The highest BCUT2D eigenvalue weighted by Crippen LogP contribution is 2.27. The van der Waals surface area contributed by atoms with Crippen molar-refractivity contribution in [3.63, 3.8) is 0 Å². The Bertz CT molecular complexity index is 1200. The minimum absolute atomic E-state index is 0.0191. The fraction of sp³-hybridized carbons (Fsp3) is 0.208. The highest BCUT2D eigenvalue weighted by atomic mass is 32.2. The molecule has 0 saturated carbocycles. The highest BCUT2D eigenvalue weighted by molar-refractivity contribution is 8.00. The zero-order chi connectivity index (χ0) is 21.8. The molecule has 1 amide bonds. The smallest absolute Gasteiger partial charge is 0.237 e. The maximum absolute atomic E-state index is 12.7. The van der Waals surface area contributed by atoms with Gasteiger partial charge in [-0.3, -0.25) is 4.79 Å². The van der Waals surface area contributed by atoms with Gasteiger partial charge < -0.3 is 9.64 Å². The molecule has 0 unspecified atom stereocenters. The van der Waals surface area contributed by atoms with Crippen LogP contribution in [0.15, 0.2) is 72.0 Å². The predicted molar refractivity (Wildman–Crippen MR) is 125 cm³/mol. The molecule has 0 fully saturated rings. The summed E-state index contributed by atoms with van der Waals surface area (Å²) in [5, 5.41) is 5.44. The maximum Gasteiger partial charge on any atom is 0.237 e. The van der Waals surface area contributed by atoms with Crippen LogP contribution >= 0.6 is 11.8 Å². The van der Waals surface area contributed by atoms with E-state index in [4.69, 9.17) is 4.74 Å². The maximum atomic E-state index is 12.7. The van der Waals surface area contributed by atoms with Gasteiger partial charge in [-0.05, 0) is 61.9 Å². The van der Waals surface area contributed by atoms with Gasteiger partial charge in [-0.1, -0.05) is 23.9 Å². The van der Waals surface area contributed by atoms with Crippen LogP contribution in [0.4, 0.5) is 5.69 Å². The molecule has 0 aliphatic rings. The molecule has 0 radical (unpaired) electrons. The average Bonchev–Trinajstić information content (AvgIpc) is 3.22. The quantitative estimate of drug-likeness (QED) is 0.391. The molecule has 0 spiro atoms. The van der Waals surface area contributed by atoms with Gasteiger partial charge in [0.15, 0.2) is 0 Å². The van der Waals surface area contributed by atoms with Crippen LogP contribution in [0.25, 0.3) is 16.8 Å². The van der Waals surface area contributed by atoms with Crippen molar-refractivity contribution in [2.45, 2.75) is 18.9 Å². The molecule has 0 aliphatic carbocycles. The van der Waals surface area contributed by atoms with Crippen molar-refractivity contribution in [3.05, 3.63) is 72.6 Å². The van der Waals surface area contributed by atoms with Crippen molar-refractivity contribution >= 4 is 28.9 Å². The fourth-order valence-electron chi connectivity index (χ4n) is 3.25. The number of rotatable bonds is 7. The third-order valence-corrected chi connectivity index (χ3v) is 5.89. The summed E-state index contributed by atoms with van der Waals surface area (Å²) in [7, 11) is 1.80. The Balaban J connectivity index is 1.51. The molecule has 0 saturated heterocycles. The highest BCUT2D eigenvalue weighted by Gasteiger charge is 2.15. The molecule has 0 bridgehead atoms. The Hall–Kier alpha value is -3.32. The van der Waals surface area contributed by atoms with E-state index < -0.39 is 0 Å². The van der Waals surface area contributed by atoms with Gasteiger partial charge >= 0.3 is 0 Å². The Labute approximate surface area is 185 Å². The van der Waals surface area contributed by atoms with Gasteiger partial charge in [0.1, 0.15) is 10.8 Å². The number of carbonyl (C=O) groups excluding carboxylic acids is 1. The minimum Gasteiger partial charge on any atom is -0.494 e. The lowest BCUT2D eigenvalue weighted by Crippen LogP contribution is -2.27. The van der Waals surface area contributed by atoms with E-state index in [2.05, 4.69) is 10.1 Å². The van der Waals surface area contributed by atoms with Gasteiger partial charge in [-0.25, -0.2) is 9.50 Å². The summed E-state index contributed by atoms with van der Waals surface area (Å²) in [6.45, 7) is 4.62. The van der Waals surface area contributed by atoms with Crippen LogP contribution < -0.4 is 9.64 Å². The molecule has 31 heavy (non-hydrogen) atoms. The molecule has 6 nitrogen and oxygen atoms in total. The molecular formula is C24H24N4O2S. The first-order valence-electron chi connectivity index (χ1n) is 10.1. The second kappa shape index (κ2) is 9.22. The molecule has 7 heteroatoms. The zero-order valence-electron chi connectivity index (χ0n) is 17.8. The summed E-state index contributed by atoms with van der Waals surface area (Å²) in [5.74, 6) is 1.15. The van der Waals surface area contributed by atoms with E-state index in [9.17, 15) is 4.79 Å². The summed E-state index contributed by atoms with van der Waals surface area (Å²) in [6.07, 6.45) is 3.52. The first-order valence-corrected chi connectivity index (χ1v) is 11.1. The largest absolute Gasteiger partial charge is 0.494 e. The number of thioether (sulfide) groups is 1. The number of nitrogens with zero attached hydrogens (tertiary/aromatic N) is 4. The van der Waals surface area contributed by atoms with Crippen LogP contribution in [0.5, 0.6) is 5.75 Å². The van der Waals surface area contributed by atoms with Gasteiger partial charge in [0.25, 0.3) is 0 Å². The molecule has 158 valence electrons. The molecule has 2 aromatic heterocycles. The van der Waals surface area contributed by atoms with Crippen molar-refractivity contribution in [1.82, 2.24) is 14.6 Å². The Kier molecular flexibility index (Phi) is 6.23. The molecule has 0 N–H and O–H groups in total. The predicted octanol–water partition coefficient (Wildman–Crippen LogP) is 4.86. The van der Waals surface area contributed by atoms with Gasteiger partial charge in [0.2, 0.25) is 5.91 Å². The van der Waals surface area contributed by atoms with E-state index >= 15 is 0 Å². The van der Waals surface area contributed by atoms with Crippen molar-refractivity contribution in [2.24, 2.45) is 0 Å². The summed E-state index contributed by atoms with van der Waals surface area (Å²) in [4.78, 5) is 18.9. The van der Waals surface area contributed by atoms with Crippen LogP contribution in [0.1, 0.15) is 12.5 Å². The van der Waals surface area contributed by atoms with Crippen molar-refractivity contribution < 1.29 is 9.53 Å². The monoisotopic (exact) mass is 432 g/mol. The zero-order valence-corrected chi connectivity index (χ0v) is 18.6. The molecular weight excluding hydrogens is 408 g/mol. The van der Waals surface area contributed by atoms with Crippen molar-refractivity contribution in [1.29, 1.82) is 0 Å². The Morgan fingerprint density at radius 3 is 2.71 bits per heavy atom. The van der Waals surface area contributed by atoms with E-state index in [-0.39, 0.29) is 5.91 Å². The van der Waals surface area contributed by atoms with E-state index in [0.717, 1.165) is 38.8 Å². The Morgan fingerprint density at radius 1 is 1.16 bits per heavy atom. The average molecular weight is 433 g/mol. The fourth-order valence-corrected chi connectivity index (χ4v) is 4.14. The van der Waals surface area contributed by atoms with Crippen LogP contribution in [0.2, 0.25) is 0 Å². The SMILES string of the molecule is CCOc1ccc(-c2cc3c(SCC(=O)N(C)c4cccc(C)c4)nccn3n2)cc1. The lowest BCUT2D eigenvalue weighted by atomic mass is 10.1. The van der Waals surface area contributed by atoms with Crippen LogP contribution in [0, 0.1) is 6.92 Å². The first kappa shape index (κ1) is 20.9. The van der Waals surface area contributed by atoms with Gasteiger partial charge in [-0.2, -0.15) is 5.10 Å². The third kappa shape index (κ3) is 4.72. The Morgan fingerprint density at radius 2 is 1.97 bits per heavy atom. The molecule has 0 atom stereocenters. The standard InChI is InChI=1S/C24H24N4O2S/c1-4-30-20-10-8-18(9-11-20)21-15-22-24(25-12-13-28(22)26-21)31-16-23(29)27(3)19-7-5-6-17(2)14-19/h5-15H,4,16H2,1-3H3. The van der Waals surface area contributed by atoms with E-state index in [0.29, 0.717) is 12.4 Å². The number of ether oxygens (including phenoxy) is 1. The van der Waals surface area contributed by atoms with Gasteiger partial charge in [0.05, 0.1) is 23.6 Å². The number of benzene rings is 2. The van der Waals surface area contributed by atoms with E-state index in [1.807, 2.05) is 74.6 Å². The number of amides is 1. The number of carbonyl (C=O) groups is 1. The summed E-state index contributed by atoms with van der Waals surface area (Å²) in [6, 6.07) is 17.8. The van der Waals surface area contributed by atoms with Crippen molar-refractivity contribution in [3.8, 4) is 17.0 Å². The van der Waals surface area contributed by atoms with Crippen LogP contribution in [0.3, 0.4) is 0 Å². The van der Waals surface area contributed by atoms with Crippen LogP contribution in [-0.2, 0) is 4.79 Å². The van der Waals surface area contributed by atoms with Crippen LogP contribution in [-0.4, -0.2) is 39.9 Å². The number of hydrogen-bond acceptors (Lipinski definition) is 5. The first-order chi connectivity index (χ1) is 15.0. The third-order valence-electron chi connectivity index (χ3n) is 4.91. The molecule has 4 aromatic rings. The molecule has 0 aliphatic heterocycles. The minimum atomic E-state index is 0.0191. The van der Waals surface area contributed by atoms with E-state index in [1.54, 1.807) is 22.7 Å². The number of hydrogen-bond donors (Lipinski definition) is 0. The number of aromatic nitrogens is 3. The normalized spacial score (nSPS) is 10.9. The second-order valence-corrected chi connectivity index (χ2v) is 8.09. The molecule has 2 heterocycles. The molecule has 2 aromatic carbocycles. The lowest BCUT2D eigenvalue weighted by Gasteiger charge is -2.17. The number of anilines is 1. The topological polar surface area (TPSA) is 59.7 Å². The molecule has 4 rings (SSSR count). The lowest BCUT2D eigenvalue weighted by molar-refractivity contribution is -0.115. The van der Waals surface area contributed by atoms with Gasteiger partial charge in [0, 0.05) is 30.7 Å². The van der Waals surface area contributed by atoms with E-state index in [1.165, 1.54) is 11.8 Å². The van der Waals surface area contributed by atoms with Crippen molar-refractivity contribution in [2.75, 3.05) is 24.3 Å². The summed E-state index contributed by atoms with van der Waals surface area (Å²) in [5.41, 5.74) is 4.73. The van der Waals surface area contributed by atoms with Gasteiger partial charge in [-0.15, -0.1) is 0 Å².